The monoisotopic (exact) mass is 340 g/mol. The molecule has 23 heavy (non-hydrogen) atoms. The molecule has 3 aliphatic rings. The molecule has 3 N–H and O–H groups in total. The van der Waals surface area contributed by atoms with E-state index in [4.69, 9.17) is 10.2 Å². The van der Waals surface area contributed by atoms with Crippen LogP contribution in [0, 0.1) is 11.7 Å². The summed E-state index contributed by atoms with van der Waals surface area (Å²) in [6, 6.07) is 2.40. The zero-order valence-corrected chi connectivity index (χ0v) is 13.2. The Morgan fingerprint density at radius 1 is 1.39 bits per heavy atom. The zero-order chi connectivity index (χ0) is 15.3. The van der Waals surface area contributed by atoms with E-state index in [0.29, 0.717) is 11.4 Å². The van der Waals surface area contributed by atoms with Gasteiger partial charge in [0.2, 0.25) is 0 Å². The third-order valence-corrected chi connectivity index (χ3v) is 4.69. The van der Waals surface area contributed by atoms with Crippen molar-refractivity contribution in [3.63, 3.8) is 0 Å². The van der Waals surface area contributed by atoms with Crippen molar-refractivity contribution in [2.45, 2.75) is 18.9 Å². The van der Waals surface area contributed by atoms with Crippen molar-refractivity contribution in [1.82, 2.24) is 15.2 Å². The van der Waals surface area contributed by atoms with Gasteiger partial charge in [0.1, 0.15) is 11.3 Å². The van der Waals surface area contributed by atoms with Crippen LogP contribution in [-0.2, 0) is 0 Å². The summed E-state index contributed by atoms with van der Waals surface area (Å²) < 4.78 is 18.8. The highest BCUT2D eigenvalue weighted by Crippen LogP contribution is 2.28. The number of aromatic nitrogens is 1. The first-order valence-corrected chi connectivity index (χ1v) is 7.49. The van der Waals surface area contributed by atoms with Gasteiger partial charge in [0.25, 0.3) is 11.9 Å². The molecule has 2 aromatic rings. The summed E-state index contributed by atoms with van der Waals surface area (Å²) >= 11 is 0. The van der Waals surface area contributed by atoms with Crippen LogP contribution in [0.25, 0.3) is 11.1 Å². The summed E-state index contributed by atoms with van der Waals surface area (Å²) in [4.78, 5) is 18.9. The third kappa shape index (κ3) is 2.86. The highest BCUT2D eigenvalue weighted by atomic mass is 35.5. The van der Waals surface area contributed by atoms with Gasteiger partial charge in [-0.2, -0.15) is 4.98 Å². The van der Waals surface area contributed by atoms with E-state index in [9.17, 15) is 9.18 Å². The van der Waals surface area contributed by atoms with Gasteiger partial charge in [0, 0.05) is 18.7 Å². The number of nitrogens with one attached hydrogen (secondary N) is 1. The van der Waals surface area contributed by atoms with E-state index < -0.39 is 5.82 Å². The van der Waals surface area contributed by atoms with Crippen molar-refractivity contribution in [1.29, 1.82) is 0 Å². The molecule has 3 saturated heterocycles. The van der Waals surface area contributed by atoms with Gasteiger partial charge in [0.05, 0.1) is 5.56 Å². The molecule has 0 saturated carbocycles. The molecule has 1 aromatic heterocycles. The highest BCUT2D eigenvalue weighted by Gasteiger charge is 2.35. The largest absolute Gasteiger partial charge is 0.424 e. The van der Waals surface area contributed by atoms with Gasteiger partial charge >= 0.3 is 0 Å². The Morgan fingerprint density at radius 2 is 2.13 bits per heavy atom. The second-order valence-corrected chi connectivity index (χ2v) is 6.07. The number of anilines is 1. The Balaban J connectivity index is 0.00000156. The van der Waals surface area contributed by atoms with Crippen molar-refractivity contribution >= 4 is 35.4 Å². The lowest BCUT2D eigenvalue weighted by molar-refractivity contribution is 0.0621. The molecule has 6 nitrogen and oxygen atoms in total. The van der Waals surface area contributed by atoms with Gasteiger partial charge in [-0.05, 0) is 37.9 Å². The number of carbonyl (C=O) groups is 1. The fourth-order valence-corrected chi connectivity index (χ4v) is 3.56. The number of rotatable bonds is 2. The van der Waals surface area contributed by atoms with Gasteiger partial charge in [-0.15, -0.1) is 12.4 Å². The molecule has 3 fully saturated rings. The topological polar surface area (TPSA) is 84.4 Å². The van der Waals surface area contributed by atoms with Crippen LogP contribution in [0.4, 0.5) is 10.4 Å². The molecule has 1 aromatic carbocycles. The van der Waals surface area contributed by atoms with Crippen LogP contribution >= 0.6 is 12.4 Å². The lowest BCUT2D eigenvalue weighted by atomic mass is 9.84. The molecule has 2 bridgehead atoms. The fraction of sp³-hybridized carbons (Fsp3) is 0.467. The SMILES string of the molecule is Cl.Nc1nc2c(C(=O)NC3CN4CCC3CC4)cc(F)cc2o1. The van der Waals surface area contributed by atoms with Crippen molar-refractivity contribution in [3.8, 4) is 0 Å². The molecule has 0 radical (unpaired) electrons. The van der Waals surface area contributed by atoms with Crippen LogP contribution in [0.2, 0.25) is 0 Å². The van der Waals surface area contributed by atoms with Crippen LogP contribution in [0.1, 0.15) is 23.2 Å². The molecular formula is C15H18ClFN4O2. The third-order valence-electron chi connectivity index (χ3n) is 4.69. The summed E-state index contributed by atoms with van der Waals surface area (Å²) in [6.07, 6.45) is 2.20. The molecule has 3 aliphatic heterocycles. The summed E-state index contributed by atoms with van der Waals surface area (Å²) in [6.45, 7) is 3.05. The number of piperidine rings is 3. The Morgan fingerprint density at radius 3 is 2.78 bits per heavy atom. The summed E-state index contributed by atoms with van der Waals surface area (Å²) in [5, 5.41) is 3.03. The number of benzene rings is 1. The highest BCUT2D eigenvalue weighted by molar-refractivity contribution is 6.04. The average Bonchev–Trinajstić information content (AvgIpc) is 2.87. The number of carbonyl (C=O) groups excluding carboxylic acids is 1. The first kappa shape index (κ1) is 16.0. The van der Waals surface area contributed by atoms with Crippen molar-refractivity contribution in [2.75, 3.05) is 25.4 Å². The van der Waals surface area contributed by atoms with Crippen LogP contribution in [0.15, 0.2) is 16.5 Å². The standard InChI is InChI=1S/C15H17FN4O2.ClH/c16-9-5-10(13-12(6-9)22-15(17)19-13)14(21)18-11-7-20-3-1-8(11)2-4-20;/h5-6,8,11H,1-4,7H2,(H2,17,19)(H,18,21);1H. The maximum absolute atomic E-state index is 13.7. The van der Waals surface area contributed by atoms with Crippen LogP contribution in [0.3, 0.4) is 0 Å². The molecule has 4 heterocycles. The number of amides is 1. The van der Waals surface area contributed by atoms with Gasteiger partial charge in [-0.3, -0.25) is 4.79 Å². The molecule has 124 valence electrons. The minimum Gasteiger partial charge on any atom is -0.424 e. The number of oxazole rings is 1. The summed E-state index contributed by atoms with van der Waals surface area (Å²) in [5.41, 5.74) is 6.17. The molecule has 1 amide bonds. The number of fused-ring (bicyclic) bond motifs is 4. The molecule has 1 unspecified atom stereocenters. The van der Waals surface area contributed by atoms with Crippen molar-refractivity contribution in [2.24, 2.45) is 5.92 Å². The smallest absolute Gasteiger partial charge is 0.293 e. The number of nitrogen functional groups attached to an aromatic ring is 1. The molecule has 0 aliphatic carbocycles. The predicted octanol–water partition coefficient (Wildman–Crippen LogP) is 1.79. The van der Waals surface area contributed by atoms with Crippen molar-refractivity contribution < 1.29 is 13.6 Å². The Bertz CT molecular complexity index is 742. The van der Waals surface area contributed by atoms with E-state index >= 15 is 0 Å². The second kappa shape index (κ2) is 5.98. The normalized spacial score (nSPS) is 26.0. The van der Waals surface area contributed by atoms with E-state index in [2.05, 4.69) is 15.2 Å². The van der Waals surface area contributed by atoms with Gasteiger partial charge in [-0.1, -0.05) is 0 Å². The molecule has 8 heteroatoms. The molecular weight excluding hydrogens is 323 g/mol. The molecule has 1 atom stereocenters. The van der Waals surface area contributed by atoms with Crippen LogP contribution in [0.5, 0.6) is 0 Å². The number of halogens is 2. The predicted molar refractivity (Wildman–Crippen MR) is 86.0 cm³/mol. The van der Waals surface area contributed by atoms with Gasteiger partial charge in [0.15, 0.2) is 5.58 Å². The Labute approximate surface area is 138 Å². The Kier molecular flexibility index (Phi) is 4.16. The Hall–Kier alpha value is -1.86. The van der Waals surface area contributed by atoms with E-state index in [0.717, 1.165) is 32.5 Å². The minimum atomic E-state index is -0.539. The number of hydrogen-bond acceptors (Lipinski definition) is 5. The number of nitrogens with two attached hydrogens (primary N) is 1. The maximum Gasteiger partial charge on any atom is 0.293 e. The second-order valence-electron chi connectivity index (χ2n) is 6.07. The number of hydrogen-bond donors (Lipinski definition) is 2. The van der Waals surface area contributed by atoms with E-state index in [-0.39, 0.29) is 41.5 Å². The van der Waals surface area contributed by atoms with Crippen LogP contribution in [-0.4, -0.2) is 41.5 Å². The maximum atomic E-state index is 13.7. The zero-order valence-electron chi connectivity index (χ0n) is 12.4. The average molecular weight is 341 g/mol. The molecule has 5 rings (SSSR count). The van der Waals surface area contributed by atoms with E-state index in [1.807, 2.05) is 0 Å². The van der Waals surface area contributed by atoms with E-state index in [1.54, 1.807) is 0 Å². The lowest BCUT2D eigenvalue weighted by Crippen LogP contribution is -2.57. The minimum absolute atomic E-state index is 0. The first-order valence-electron chi connectivity index (χ1n) is 7.49. The first-order chi connectivity index (χ1) is 10.6. The number of nitrogens with zero attached hydrogens (tertiary/aromatic N) is 2. The van der Waals surface area contributed by atoms with Gasteiger partial charge in [-0.25, -0.2) is 4.39 Å². The quantitative estimate of drug-likeness (QED) is 0.870. The lowest BCUT2D eigenvalue weighted by Gasteiger charge is -2.44. The van der Waals surface area contributed by atoms with E-state index in [1.165, 1.54) is 12.1 Å². The van der Waals surface area contributed by atoms with Crippen molar-refractivity contribution in [3.05, 3.63) is 23.5 Å². The molecule has 0 spiro atoms. The fourth-order valence-electron chi connectivity index (χ4n) is 3.56. The summed E-state index contributed by atoms with van der Waals surface area (Å²) in [5.74, 6) is -0.361. The van der Waals surface area contributed by atoms with Gasteiger partial charge < -0.3 is 20.4 Å². The van der Waals surface area contributed by atoms with Crippen LogP contribution < -0.4 is 11.1 Å². The summed E-state index contributed by atoms with van der Waals surface area (Å²) in [7, 11) is 0.